The van der Waals surface area contributed by atoms with Crippen molar-refractivity contribution in [3.05, 3.63) is 22.0 Å². The van der Waals surface area contributed by atoms with E-state index in [2.05, 4.69) is 4.98 Å². The molecule has 0 aliphatic carbocycles. The predicted octanol–water partition coefficient (Wildman–Crippen LogP) is -0.776. The zero-order valence-corrected chi connectivity index (χ0v) is 9.49. The Morgan fingerprint density at radius 1 is 1.44 bits per heavy atom. The van der Waals surface area contributed by atoms with Crippen molar-refractivity contribution < 1.29 is 24.6 Å². The van der Waals surface area contributed by atoms with Gasteiger partial charge in [0, 0.05) is 0 Å². The molecule has 0 aliphatic heterocycles. The van der Waals surface area contributed by atoms with Gasteiger partial charge in [-0.3, -0.25) is 4.39 Å². The molecule has 1 aromatic heterocycles. The van der Waals surface area contributed by atoms with Crippen molar-refractivity contribution in [1.82, 2.24) is 9.55 Å². The summed E-state index contributed by atoms with van der Waals surface area (Å²) in [6, 6.07) is 0. The predicted molar refractivity (Wildman–Crippen MR) is 57.4 cm³/mol. The summed E-state index contributed by atoms with van der Waals surface area (Å²) >= 11 is 0. The molecule has 1 aromatic rings. The van der Waals surface area contributed by atoms with Gasteiger partial charge in [0.2, 0.25) is 0 Å². The third-order valence-corrected chi connectivity index (χ3v) is 2.59. The molecular formula is C9H14FN3O5. The van der Waals surface area contributed by atoms with E-state index in [1.165, 1.54) is 6.20 Å². The van der Waals surface area contributed by atoms with E-state index < -0.39 is 42.8 Å². The zero-order chi connectivity index (χ0) is 13.8. The zero-order valence-electron chi connectivity index (χ0n) is 9.49. The summed E-state index contributed by atoms with van der Waals surface area (Å²) in [7, 11) is 0. The van der Waals surface area contributed by atoms with Gasteiger partial charge < -0.3 is 25.4 Å². The van der Waals surface area contributed by atoms with Gasteiger partial charge in [-0.25, -0.2) is 4.57 Å². The minimum absolute atomic E-state index is 0.0605. The highest BCUT2D eigenvalue weighted by molar-refractivity contribution is 5.14. The normalized spacial score (nSPS) is 11.8. The summed E-state index contributed by atoms with van der Waals surface area (Å²) < 4.78 is 13.8. The number of rotatable bonds is 7. The smallest absolute Gasteiger partial charge is 0.395 e. The Hall–Kier alpha value is -1.58. The first-order valence-corrected chi connectivity index (χ1v) is 5.11. The van der Waals surface area contributed by atoms with E-state index in [0.717, 1.165) is 4.57 Å². The average molecular weight is 262 g/mol. The fourth-order valence-electron chi connectivity index (χ4n) is 1.44. The molecular weight excluding hydrogens is 248 g/mol. The Balaban J connectivity index is 3.08. The number of alkyl halides is 1. The molecule has 0 unspecified atom stereocenters. The quantitative estimate of drug-likeness (QED) is 0.438. The SMILES string of the molecule is O=[N+]([O-])c1nc(CO)cn1CC(CO)(CO)C[18F]. The van der Waals surface area contributed by atoms with E-state index >= 15 is 0 Å². The van der Waals surface area contributed by atoms with E-state index in [-0.39, 0.29) is 12.2 Å². The minimum Gasteiger partial charge on any atom is -0.395 e. The van der Waals surface area contributed by atoms with Crippen LogP contribution in [0.25, 0.3) is 0 Å². The first-order chi connectivity index (χ1) is 8.51. The van der Waals surface area contributed by atoms with Crippen LogP contribution in [0.2, 0.25) is 0 Å². The van der Waals surface area contributed by atoms with E-state index in [0.29, 0.717) is 0 Å². The summed E-state index contributed by atoms with van der Waals surface area (Å²) in [5, 5.41) is 37.7. The van der Waals surface area contributed by atoms with Crippen molar-refractivity contribution in [3.8, 4) is 0 Å². The van der Waals surface area contributed by atoms with Crippen LogP contribution in [0.5, 0.6) is 0 Å². The third-order valence-electron chi connectivity index (χ3n) is 2.59. The van der Waals surface area contributed by atoms with Gasteiger partial charge in [0.15, 0.2) is 5.69 Å². The fourth-order valence-corrected chi connectivity index (χ4v) is 1.44. The Labute approximate surface area is 101 Å². The van der Waals surface area contributed by atoms with Crippen LogP contribution >= 0.6 is 0 Å². The molecule has 0 saturated heterocycles. The van der Waals surface area contributed by atoms with Crippen LogP contribution in [0.1, 0.15) is 5.69 Å². The Bertz CT molecular complexity index is 410. The highest BCUT2D eigenvalue weighted by Crippen LogP contribution is 2.23. The second-order valence-corrected chi connectivity index (χ2v) is 4.03. The van der Waals surface area contributed by atoms with Crippen molar-refractivity contribution in [3.63, 3.8) is 0 Å². The maximum Gasteiger partial charge on any atom is 0.434 e. The molecule has 8 nitrogen and oxygen atoms in total. The van der Waals surface area contributed by atoms with Gasteiger partial charge in [-0.15, -0.1) is 0 Å². The van der Waals surface area contributed by atoms with E-state index in [1.807, 2.05) is 0 Å². The molecule has 18 heavy (non-hydrogen) atoms. The van der Waals surface area contributed by atoms with Gasteiger partial charge >= 0.3 is 5.95 Å². The number of imidazole rings is 1. The molecule has 3 N–H and O–H groups in total. The van der Waals surface area contributed by atoms with Crippen LogP contribution < -0.4 is 0 Å². The lowest BCUT2D eigenvalue weighted by Gasteiger charge is -2.24. The number of nitro groups is 1. The van der Waals surface area contributed by atoms with Gasteiger partial charge in [0.1, 0.15) is 19.5 Å². The lowest BCUT2D eigenvalue weighted by molar-refractivity contribution is -0.397. The first kappa shape index (κ1) is 14.5. The monoisotopic (exact) mass is 262 g/mol. The van der Waals surface area contributed by atoms with Crippen LogP contribution in [0.3, 0.4) is 0 Å². The van der Waals surface area contributed by atoms with Gasteiger partial charge in [0.25, 0.3) is 0 Å². The average Bonchev–Trinajstić information content (AvgIpc) is 2.79. The Kier molecular flexibility index (Phi) is 4.70. The Morgan fingerprint density at radius 2 is 2.06 bits per heavy atom. The van der Waals surface area contributed by atoms with Crippen molar-refractivity contribution in [2.45, 2.75) is 13.2 Å². The van der Waals surface area contributed by atoms with Crippen molar-refractivity contribution >= 4 is 5.95 Å². The van der Waals surface area contributed by atoms with Gasteiger partial charge in [-0.05, 0) is 4.92 Å². The number of aromatic nitrogens is 2. The topological polar surface area (TPSA) is 122 Å². The van der Waals surface area contributed by atoms with Gasteiger partial charge in [-0.1, -0.05) is 4.98 Å². The molecule has 0 fully saturated rings. The maximum atomic E-state index is 12.8. The molecule has 0 spiro atoms. The summed E-state index contributed by atoms with van der Waals surface area (Å²) in [6.45, 7) is -3.16. The summed E-state index contributed by atoms with van der Waals surface area (Å²) in [4.78, 5) is 13.5. The molecule has 102 valence electrons. The maximum absolute atomic E-state index is 12.8. The van der Waals surface area contributed by atoms with Crippen LogP contribution in [0.15, 0.2) is 6.20 Å². The van der Waals surface area contributed by atoms with Crippen molar-refractivity contribution in [2.75, 3.05) is 19.9 Å². The number of halogens is 1. The lowest BCUT2D eigenvalue weighted by Crippen LogP contribution is -2.37. The van der Waals surface area contributed by atoms with Crippen molar-refractivity contribution in [2.24, 2.45) is 5.41 Å². The van der Waals surface area contributed by atoms with E-state index in [4.69, 9.17) is 15.3 Å². The molecule has 9 heteroatoms. The molecule has 0 atom stereocenters. The van der Waals surface area contributed by atoms with Gasteiger partial charge in [-0.2, -0.15) is 0 Å². The van der Waals surface area contributed by atoms with E-state index in [1.54, 1.807) is 0 Å². The number of hydrogen-bond acceptors (Lipinski definition) is 6. The number of hydrogen-bond donors (Lipinski definition) is 3. The summed E-state index contributed by atoms with van der Waals surface area (Å²) in [5.41, 5.74) is -1.44. The second-order valence-electron chi connectivity index (χ2n) is 4.03. The molecule has 0 amide bonds. The van der Waals surface area contributed by atoms with Crippen LogP contribution in [-0.2, 0) is 13.2 Å². The van der Waals surface area contributed by atoms with Crippen LogP contribution in [0, 0.1) is 15.5 Å². The summed E-state index contributed by atoms with van der Waals surface area (Å²) in [6.07, 6.45) is 1.19. The van der Waals surface area contributed by atoms with Gasteiger partial charge in [0.05, 0.1) is 25.2 Å². The largest absolute Gasteiger partial charge is 0.434 e. The van der Waals surface area contributed by atoms with Crippen LogP contribution in [-0.4, -0.2) is 49.7 Å². The molecule has 0 aromatic carbocycles. The minimum atomic E-state index is -1.50. The first-order valence-electron chi connectivity index (χ1n) is 5.11. The molecule has 0 aliphatic rings. The molecule has 0 bridgehead atoms. The van der Waals surface area contributed by atoms with Crippen LogP contribution in [0.4, 0.5) is 10.3 Å². The van der Waals surface area contributed by atoms with Crippen molar-refractivity contribution in [1.29, 1.82) is 0 Å². The highest BCUT2D eigenvalue weighted by Gasteiger charge is 2.34. The fraction of sp³-hybridized carbons (Fsp3) is 0.667. The van der Waals surface area contributed by atoms with E-state index in [9.17, 15) is 14.5 Å². The molecule has 1 heterocycles. The number of nitrogens with zero attached hydrogens (tertiary/aromatic N) is 3. The summed E-state index contributed by atoms with van der Waals surface area (Å²) in [5.74, 6) is -0.571. The molecule has 0 radical (unpaired) electrons. The number of aliphatic hydroxyl groups excluding tert-OH is 3. The molecule has 1 rings (SSSR count). The number of aliphatic hydroxyl groups is 3. The lowest BCUT2D eigenvalue weighted by atomic mass is 9.91. The molecule has 0 saturated carbocycles. The third kappa shape index (κ3) is 2.81. The standard InChI is InChI=1S/C9H14FN3O5/c10-3-9(5-15,6-16)4-12-1-7(2-14)11-8(12)13(17)18/h1,14-16H,2-6H2/i10-1. The highest BCUT2D eigenvalue weighted by atomic mass is 18.2. The Morgan fingerprint density at radius 3 is 2.44 bits per heavy atom. The second kappa shape index (κ2) is 5.85.